The number of carbonyl (C=O) groups is 1. The van der Waals surface area contributed by atoms with Crippen molar-refractivity contribution in [3.8, 4) is 0 Å². The molecule has 0 aromatic heterocycles. The molecule has 0 atom stereocenters. The standard InChI is InChI=1S/C5H12N2O2S/c6-2-1-3-7-5(8)4-9-10/h10H,1-4,6H2,(H,7,8). The van der Waals surface area contributed by atoms with E-state index in [0.29, 0.717) is 13.1 Å². The summed E-state index contributed by atoms with van der Waals surface area (Å²) in [6.07, 6.45) is 0.790. The highest BCUT2D eigenvalue weighted by molar-refractivity contribution is 7.75. The van der Waals surface area contributed by atoms with Crippen LogP contribution in [0.25, 0.3) is 0 Å². The lowest BCUT2D eigenvalue weighted by molar-refractivity contribution is -0.122. The molecule has 0 saturated carbocycles. The van der Waals surface area contributed by atoms with Crippen molar-refractivity contribution in [1.82, 2.24) is 5.32 Å². The second kappa shape index (κ2) is 6.85. The molecule has 0 aliphatic heterocycles. The Morgan fingerprint density at radius 2 is 2.40 bits per heavy atom. The fourth-order valence-electron chi connectivity index (χ4n) is 0.440. The molecule has 0 aliphatic carbocycles. The Morgan fingerprint density at radius 1 is 1.70 bits per heavy atom. The van der Waals surface area contributed by atoms with Crippen LogP contribution in [0, 0.1) is 0 Å². The molecule has 0 spiro atoms. The number of nitrogens with one attached hydrogen (secondary N) is 1. The van der Waals surface area contributed by atoms with Crippen LogP contribution >= 0.6 is 12.9 Å². The lowest BCUT2D eigenvalue weighted by atomic mass is 10.4. The molecule has 3 N–H and O–H groups in total. The number of hydrogen-bond acceptors (Lipinski definition) is 4. The molecule has 0 radical (unpaired) electrons. The molecule has 60 valence electrons. The zero-order valence-electron chi connectivity index (χ0n) is 5.67. The third-order valence-electron chi connectivity index (χ3n) is 0.899. The Bertz CT molecular complexity index is 99.6. The van der Waals surface area contributed by atoms with Gasteiger partial charge in [-0.05, 0) is 25.9 Å². The number of carbonyl (C=O) groups excluding carboxylic acids is 1. The van der Waals surface area contributed by atoms with Gasteiger partial charge in [-0.3, -0.25) is 4.79 Å². The Kier molecular flexibility index (Phi) is 6.68. The van der Waals surface area contributed by atoms with E-state index in [4.69, 9.17) is 5.73 Å². The van der Waals surface area contributed by atoms with E-state index in [-0.39, 0.29) is 12.5 Å². The summed E-state index contributed by atoms with van der Waals surface area (Å²) < 4.78 is 4.29. The van der Waals surface area contributed by atoms with E-state index in [9.17, 15) is 4.79 Å². The van der Waals surface area contributed by atoms with Crippen LogP contribution in [-0.4, -0.2) is 25.6 Å². The largest absolute Gasteiger partial charge is 0.354 e. The molecule has 4 nitrogen and oxygen atoms in total. The number of nitrogens with two attached hydrogens (primary N) is 1. The molecule has 10 heavy (non-hydrogen) atoms. The Hall–Kier alpha value is -0.260. The molecule has 0 unspecified atom stereocenters. The fraction of sp³-hybridized carbons (Fsp3) is 0.800. The molecule has 1 amide bonds. The summed E-state index contributed by atoms with van der Waals surface area (Å²) in [6, 6.07) is 0. The van der Waals surface area contributed by atoms with Crippen LogP contribution in [0.2, 0.25) is 0 Å². The van der Waals surface area contributed by atoms with Gasteiger partial charge in [0.25, 0.3) is 0 Å². The Labute approximate surface area is 65.7 Å². The first-order valence-corrected chi connectivity index (χ1v) is 3.41. The first-order chi connectivity index (χ1) is 4.81. The maximum Gasteiger partial charge on any atom is 0.247 e. The molecule has 0 bridgehead atoms. The van der Waals surface area contributed by atoms with Gasteiger partial charge in [0.2, 0.25) is 5.91 Å². The molecule has 0 aromatic carbocycles. The average molecular weight is 164 g/mol. The maximum atomic E-state index is 10.6. The summed E-state index contributed by atoms with van der Waals surface area (Å²) in [4.78, 5) is 10.6. The van der Waals surface area contributed by atoms with Gasteiger partial charge in [-0.1, -0.05) is 0 Å². The highest BCUT2D eigenvalue weighted by Crippen LogP contribution is 1.77. The van der Waals surface area contributed by atoms with Gasteiger partial charge < -0.3 is 15.2 Å². The fourth-order valence-corrected chi connectivity index (χ4v) is 0.557. The van der Waals surface area contributed by atoms with E-state index in [1.807, 2.05) is 0 Å². The van der Waals surface area contributed by atoms with Gasteiger partial charge in [0.05, 0.1) is 0 Å². The van der Waals surface area contributed by atoms with Gasteiger partial charge in [0.1, 0.15) is 6.61 Å². The summed E-state index contributed by atoms with van der Waals surface area (Å²) in [7, 11) is 0. The molecule has 0 fully saturated rings. The first-order valence-electron chi connectivity index (χ1n) is 3.04. The third kappa shape index (κ3) is 5.87. The first kappa shape index (κ1) is 9.74. The zero-order chi connectivity index (χ0) is 7.82. The van der Waals surface area contributed by atoms with E-state index in [2.05, 4.69) is 22.4 Å². The zero-order valence-corrected chi connectivity index (χ0v) is 6.56. The third-order valence-corrected chi connectivity index (χ3v) is 1.03. The van der Waals surface area contributed by atoms with Crippen molar-refractivity contribution in [2.45, 2.75) is 6.42 Å². The number of rotatable bonds is 5. The van der Waals surface area contributed by atoms with Gasteiger partial charge in [0, 0.05) is 6.54 Å². The molecule has 5 heteroatoms. The lowest BCUT2D eigenvalue weighted by Crippen LogP contribution is -2.28. The molecular weight excluding hydrogens is 152 g/mol. The average Bonchev–Trinajstić information content (AvgIpc) is 1.89. The minimum absolute atomic E-state index is 0.00627. The molecule has 0 heterocycles. The maximum absolute atomic E-state index is 10.6. The van der Waals surface area contributed by atoms with Crippen LogP contribution in [0.15, 0.2) is 0 Å². The predicted molar refractivity (Wildman–Crippen MR) is 41.6 cm³/mol. The Morgan fingerprint density at radius 3 is 2.90 bits per heavy atom. The van der Waals surface area contributed by atoms with Gasteiger partial charge in [-0.15, -0.1) is 0 Å². The van der Waals surface area contributed by atoms with E-state index >= 15 is 0 Å². The highest BCUT2D eigenvalue weighted by atomic mass is 32.1. The number of hydrogen-bond donors (Lipinski definition) is 3. The normalized spacial score (nSPS) is 9.40. The van der Waals surface area contributed by atoms with Crippen molar-refractivity contribution in [3.63, 3.8) is 0 Å². The molecular formula is C5H12N2O2S. The van der Waals surface area contributed by atoms with Crippen LogP contribution in [0.4, 0.5) is 0 Å². The van der Waals surface area contributed by atoms with Crippen LogP contribution in [0.5, 0.6) is 0 Å². The molecule has 0 rings (SSSR count). The van der Waals surface area contributed by atoms with Crippen molar-refractivity contribution < 1.29 is 8.98 Å². The highest BCUT2D eigenvalue weighted by Gasteiger charge is 1.96. The summed E-state index contributed by atoms with van der Waals surface area (Å²) in [5.74, 6) is -0.163. The number of thiol groups is 1. The van der Waals surface area contributed by atoms with Crippen molar-refractivity contribution in [2.75, 3.05) is 19.7 Å². The molecule has 0 aliphatic rings. The van der Waals surface area contributed by atoms with Gasteiger partial charge in [-0.25, -0.2) is 0 Å². The van der Waals surface area contributed by atoms with E-state index in [0.717, 1.165) is 6.42 Å². The van der Waals surface area contributed by atoms with Crippen LogP contribution < -0.4 is 11.1 Å². The van der Waals surface area contributed by atoms with Crippen LogP contribution in [-0.2, 0) is 8.98 Å². The monoisotopic (exact) mass is 164 g/mol. The van der Waals surface area contributed by atoms with Gasteiger partial charge >= 0.3 is 0 Å². The second-order valence-electron chi connectivity index (χ2n) is 1.77. The van der Waals surface area contributed by atoms with Gasteiger partial charge in [0.15, 0.2) is 0 Å². The van der Waals surface area contributed by atoms with Crippen molar-refractivity contribution in [1.29, 1.82) is 0 Å². The van der Waals surface area contributed by atoms with Crippen molar-refractivity contribution in [2.24, 2.45) is 5.73 Å². The minimum atomic E-state index is -0.163. The summed E-state index contributed by atoms with van der Waals surface area (Å²) in [5, 5.41) is 2.59. The predicted octanol–water partition coefficient (Wildman–Crippen LogP) is -0.687. The van der Waals surface area contributed by atoms with Crippen LogP contribution in [0.1, 0.15) is 6.42 Å². The molecule has 0 aromatic rings. The van der Waals surface area contributed by atoms with Gasteiger partial charge in [-0.2, -0.15) is 0 Å². The number of amides is 1. The van der Waals surface area contributed by atoms with E-state index < -0.39 is 0 Å². The summed E-state index contributed by atoms with van der Waals surface area (Å²) >= 11 is 3.42. The smallest absolute Gasteiger partial charge is 0.247 e. The topological polar surface area (TPSA) is 64.3 Å². The lowest BCUT2D eigenvalue weighted by Gasteiger charge is -2.00. The van der Waals surface area contributed by atoms with Crippen LogP contribution in [0.3, 0.4) is 0 Å². The SMILES string of the molecule is NCCCNC(=O)COS. The minimum Gasteiger partial charge on any atom is -0.354 e. The van der Waals surface area contributed by atoms with E-state index in [1.165, 1.54) is 0 Å². The van der Waals surface area contributed by atoms with Crippen molar-refractivity contribution >= 4 is 18.8 Å². The van der Waals surface area contributed by atoms with E-state index in [1.54, 1.807) is 0 Å². The summed E-state index contributed by atoms with van der Waals surface area (Å²) in [5.41, 5.74) is 5.19. The summed E-state index contributed by atoms with van der Waals surface area (Å²) in [6.45, 7) is 1.18. The van der Waals surface area contributed by atoms with Crippen molar-refractivity contribution in [3.05, 3.63) is 0 Å². The molecule has 0 saturated heterocycles. The second-order valence-corrected chi connectivity index (χ2v) is 2.02. The quantitative estimate of drug-likeness (QED) is 0.286. The Balaban J connectivity index is 3.05.